The normalized spacial score (nSPS) is 15.6. The number of nitrogens with one attached hydrogen (secondary N) is 1. The fourth-order valence-corrected chi connectivity index (χ4v) is 4.55. The standard InChI is InChI=1S/C30H47N3O4/c1-4-7-8-9-10-11-12-13-19-31-28(34)18-17-25-15-14-16-27(22-25)33-24-26(23-29(33)35)30(36)37-21-20-32(5-2)6-3/h14-18,22,26H,4-13,19-21,23-24H2,1-3H3,(H,31,34). The summed E-state index contributed by atoms with van der Waals surface area (Å²) in [4.78, 5) is 41.1. The molecule has 1 N–H and O–H groups in total. The smallest absolute Gasteiger partial charge is 0.311 e. The number of hydrogen-bond acceptors (Lipinski definition) is 5. The van der Waals surface area contributed by atoms with Crippen molar-refractivity contribution in [2.45, 2.75) is 78.6 Å². The van der Waals surface area contributed by atoms with Gasteiger partial charge < -0.3 is 19.9 Å². The van der Waals surface area contributed by atoms with Gasteiger partial charge in [-0.05, 0) is 43.3 Å². The molecule has 1 heterocycles. The van der Waals surface area contributed by atoms with Gasteiger partial charge in [0, 0.05) is 37.8 Å². The second-order valence-electron chi connectivity index (χ2n) is 9.79. The lowest BCUT2D eigenvalue weighted by atomic mass is 10.1. The van der Waals surface area contributed by atoms with Crippen molar-refractivity contribution in [2.75, 3.05) is 44.2 Å². The first-order valence-corrected chi connectivity index (χ1v) is 14.2. The molecule has 1 aliphatic rings. The fourth-order valence-electron chi connectivity index (χ4n) is 4.55. The predicted molar refractivity (Wildman–Crippen MR) is 150 cm³/mol. The largest absolute Gasteiger partial charge is 0.464 e. The van der Waals surface area contributed by atoms with E-state index < -0.39 is 5.92 Å². The molecular weight excluding hydrogens is 466 g/mol. The van der Waals surface area contributed by atoms with Crippen molar-refractivity contribution in [3.05, 3.63) is 35.9 Å². The number of nitrogens with zero attached hydrogens (tertiary/aromatic N) is 2. The average Bonchev–Trinajstić information content (AvgIpc) is 3.30. The number of carbonyl (C=O) groups is 3. The number of ether oxygens (including phenoxy) is 1. The molecule has 0 aliphatic carbocycles. The van der Waals surface area contributed by atoms with Crippen molar-refractivity contribution >= 4 is 29.5 Å². The Bertz CT molecular complexity index is 866. The minimum atomic E-state index is -0.453. The van der Waals surface area contributed by atoms with E-state index in [0.29, 0.717) is 26.2 Å². The molecule has 0 radical (unpaired) electrons. The van der Waals surface area contributed by atoms with Crippen LogP contribution < -0.4 is 10.2 Å². The van der Waals surface area contributed by atoms with Crippen LogP contribution in [0.3, 0.4) is 0 Å². The maximum absolute atomic E-state index is 12.6. The second kappa shape index (κ2) is 17.7. The molecule has 1 aromatic carbocycles. The summed E-state index contributed by atoms with van der Waals surface area (Å²) in [5, 5.41) is 2.95. The lowest BCUT2D eigenvalue weighted by Gasteiger charge is -2.19. The van der Waals surface area contributed by atoms with Crippen LogP contribution in [-0.4, -0.2) is 62.0 Å². The summed E-state index contributed by atoms with van der Waals surface area (Å²) in [6, 6.07) is 7.47. The SMILES string of the molecule is CCCCCCCCCCNC(=O)C=Cc1cccc(N2CC(C(=O)OCCN(CC)CC)CC2=O)c1. The number of esters is 1. The number of carbonyl (C=O) groups excluding carboxylic acids is 3. The number of rotatable bonds is 18. The van der Waals surface area contributed by atoms with Crippen LogP contribution >= 0.6 is 0 Å². The van der Waals surface area contributed by atoms with Crippen LogP contribution in [0.1, 0.15) is 84.1 Å². The Kier molecular flexibility index (Phi) is 14.6. The molecule has 0 saturated carbocycles. The maximum atomic E-state index is 12.6. The Labute approximate surface area is 223 Å². The van der Waals surface area contributed by atoms with Gasteiger partial charge in [0.25, 0.3) is 0 Å². The molecule has 1 fully saturated rings. The van der Waals surface area contributed by atoms with Crippen molar-refractivity contribution in [3.8, 4) is 0 Å². The van der Waals surface area contributed by atoms with Crippen LogP contribution in [0, 0.1) is 5.92 Å². The lowest BCUT2D eigenvalue weighted by Crippen LogP contribution is -2.30. The Morgan fingerprint density at radius 2 is 1.76 bits per heavy atom. The van der Waals surface area contributed by atoms with E-state index in [1.54, 1.807) is 11.0 Å². The zero-order valence-corrected chi connectivity index (χ0v) is 23.2. The molecular formula is C30H47N3O4. The van der Waals surface area contributed by atoms with Crippen LogP contribution in [0.4, 0.5) is 5.69 Å². The van der Waals surface area contributed by atoms with E-state index in [2.05, 4.69) is 31.0 Å². The molecule has 2 rings (SSSR count). The highest BCUT2D eigenvalue weighted by molar-refractivity contribution is 5.99. The van der Waals surface area contributed by atoms with E-state index in [4.69, 9.17) is 4.74 Å². The maximum Gasteiger partial charge on any atom is 0.311 e. The number of hydrogen-bond donors (Lipinski definition) is 1. The molecule has 1 saturated heterocycles. The summed E-state index contributed by atoms with van der Waals surface area (Å²) in [6.45, 7) is 10.2. The Morgan fingerprint density at radius 3 is 2.46 bits per heavy atom. The molecule has 1 aromatic rings. The van der Waals surface area contributed by atoms with Crippen molar-refractivity contribution in [2.24, 2.45) is 5.92 Å². The number of likely N-dealkylation sites (N-methyl/N-ethyl adjacent to an activating group) is 1. The van der Waals surface area contributed by atoms with Crippen LogP contribution in [0.2, 0.25) is 0 Å². The van der Waals surface area contributed by atoms with E-state index in [1.165, 1.54) is 44.6 Å². The zero-order chi connectivity index (χ0) is 26.9. The highest BCUT2D eigenvalue weighted by Gasteiger charge is 2.36. The molecule has 7 nitrogen and oxygen atoms in total. The molecule has 7 heteroatoms. The zero-order valence-electron chi connectivity index (χ0n) is 23.2. The third-order valence-corrected chi connectivity index (χ3v) is 6.94. The Morgan fingerprint density at radius 1 is 1.05 bits per heavy atom. The van der Waals surface area contributed by atoms with Crippen LogP contribution in [-0.2, 0) is 19.1 Å². The molecule has 37 heavy (non-hydrogen) atoms. The van der Waals surface area contributed by atoms with Gasteiger partial charge in [0.1, 0.15) is 6.61 Å². The highest BCUT2D eigenvalue weighted by atomic mass is 16.5. The monoisotopic (exact) mass is 513 g/mol. The van der Waals surface area contributed by atoms with E-state index in [-0.39, 0.29) is 24.2 Å². The molecule has 1 aliphatic heterocycles. The molecule has 0 bridgehead atoms. The average molecular weight is 514 g/mol. The van der Waals surface area contributed by atoms with Crippen LogP contribution in [0.15, 0.2) is 30.3 Å². The summed E-state index contributed by atoms with van der Waals surface area (Å²) in [5.41, 5.74) is 1.56. The van der Waals surface area contributed by atoms with Crippen molar-refractivity contribution in [1.82, 2.24) is 10.2 Å². The Balaban J connectivity index is 1.75. The first kappa shape index (κ1) is 30.6. The first-order valence-electron chi connectivity index (χ1n) is 14.2. The summed E-state index contributed by atoms with van der Waals surface area (Å²) in [7, 11) is 0. The van der Waals surface area contributed by atoms with E-state index >= 15 is 0 Å². The number of benzene rings is 1. The van der Waals surface area contributed by atoms with Gasteiger partial charge in [-0.25, -0.2) is 0 Å². The number of unbranched alkanes of at least 4 members (excludes halogenated alkanes) is 7. The van der Waals surface area contributed by atoms with E-state index in [1.807, 2.05) is 24.3 Å². The van der Waals surface area contributed by atoms with Gasteiger partial charge in [0.2, 0.25) is 11.8 Å². The third kappa shape index (κ3) is 11.5. The summed E-state index contributed by atoms with van der Waals surface area (Å²) in [5.74, 6) is -0.967. The van der Waals surface area contributed by atoms with E-state index in [0.717, 1.165) is 37.2 Å². The molecule has 0 aromatic heterocycles. The van der Waals surface area contributed by atoms with Crippen LogP contribution in [0.25, 0.3) is 6.08 Å². The van der Waals surface area contributed by atoms with Gasteiger partial charge in [-0.3, -0.25) is 14.4 Å². The number of amides is 2. The van der Waals surface area contributed by atoms with Crippen molar-refractivity contribution in [1.29, 1.82) is 0 Å². The molecule has 2 amide bonds. The third-order valence-electron chi connectivity index (χ3n) is 6.94. The lowest BCUT2D eigenvalue weighted by molar-refractivity contribution is -0.148. The molecule has 0 spiro atoms. The summed E-state index contributed by atoms with van der Waals surface area (Å²) < 4.78 is 5.44. The van der Waals surface area contributed by atoms with E-state index in [9.17, 15) is 14.4 Å². The van der Waals surface area contributed by atoms with Gasteiger partial charge in [0.05, 0.1) is 5.92 Å². The van der Waals surface area contributed by atoms with Gasteiger partial charge in [-0.15, -0.1) is 0 Å². The molecule has 206 valence electrons. The quantitative estimate of drug-likeness (QED) is 0.166. The Hall–Kier alpha value is -2.67. The van der Waals surface area contributed by atoms with Gasteiger partial charge in [0.15, 0.2) is 0 Å². The van der Waals surface area contributed by atoms with Crippen molar-refractivity contribution < 1.29 is 19.1 Å². The first-order chi connectivity index (χ1) is 18.0. The summed E-state index contributed by atoms with van der Waals surface area (Å²) >= 11 is 0. The highest BCUT2D eigenvalue weighted by Crippen LogP contribution is 2.27. The van der Waals surface area contributed by atoms with Gasteiger partial charge in [-0.2, -0.15) is 0 Å². The van der Waals surface area contributed by atoms with Gasteiger partial charge >= 0.3 is 5.97 Å². The number of anilines is 1. The van der Waals surface area contributed by atoms with Crippen molar-refractivity contribution in [3.63, 3.8) is 0 Å². The minimum absolute atomic E-state index is 0.0880. The summed E-state index contributed by atoms with van der Waals surface area (Å²) in [6.07, 6.45) is 13.3. The topological polar surface area (TPSA) is 79.0 Å². The van der Waals surface area contributed by atoms with Crippen LogP contribution in [0.5, 0.6) is 0 Å². The fraction of sp³-hybridized carbons (Fsp3) is 0.633. The minimum Gasteiger partial charge on any atom is -0.464 e. The predicted octanol–water partition coefficient (Wildman–Crippen LogP) is 5.19. The molecule has 1 atom stereocenters. The second-order valence-corrected chi connectivity index (χ2v) is 9.79. The van der Waals surface area contributed by atoms with Gasteiger partial charge in [-0.1, -0.05) is 77.8 Å². The molecule has 1 unspecified atom stereocenters.